The number of hydrogen-bond acceptors (Lipinski definition) is 4. The number of benzene rings is 3. The fraction of sp³-hybridized carbons (Fsp3) is 0.0435. The van der Waals surface area contributed by atoms with Crippen LogP contribution in [0.15, 0.2) is 89.6 Å². The minimum absolute atomic E-state index is 0.241. The molecule has 0 radical (unpaired) electrons. The highest BCUT2D eigenvalue weighted by atomic mass is 35.5. The van der Waals surface area contributed by atoms with E-state index in [0.717, 1.165) is 11.1 Å². The van der Waals surface area contributed by atoms with E-state index in [-0.39, 0.29) is 11.6 Å². The van der Waals surface area contributed by atoms with E-state index in [1.165, 1.54) is 0 Å². The Bertz CT molecular complexity index is 1060. The van der Waals surface area contributed by atoms with Gasteiger partial charge in [0.2, 0.25) is 5.90 Å². The number of hydrogen-bond donors (Lipinski definition) is 0. The molecule has 28 heavy (non-hydrogen) atoms. The van der Waals surface area contributed by atoms with Crippen molar-refractivity contribution in [1.29, 1.82) is 0 Å². The van der Waals surface area contributed by atoms with Crippen LogP contribution in [0.3, 0.4) is 0 Å². The van der Waals surface area contributed by atoms with Crippen LogP contribution in [0.2, 0.25) is 5.02 Å². The van der Waals surface area contributed by atoms with E-state index >= 15 is 0 Å². The summed E-state index contributed by atoms with van der Waals surface area (Å²) in [6.07, 6.45) is 1.68. The van der Waals surface area contributed by atoms with E-state index in [4.69, 9.17) is 21.1 Å². The Morgan fingerprint density at radius 2 is 1.75 bits per heavy atom. The average molecular weight is 390 g/mol. The molecule has 4 rings (SSSR count). The van der Waals surface area contributed by atoms with Crippen molar-refractivity contribution in [1.82, 2.24) is 0 Å². The number of nitrogens with zero attached hydrogens (tertiary/aromatic N) is 1. The molecule has 0 unspecified atom stereocenters. The van der Waals surface area contributed by atoms with Crippen LogP contribution in [0.4, 0.5) is 0 Å². The lowest BCUT2D eigenvalue weighted by atomic mass is 10.2. The van der Waals surface area contributed by atoms with Crippen molar-refractivity contribution in [3.05, 3.63) is 106 Å². The fourth-order valence-electron chi connectivity index (χ4n) is 2.72. The maximum absolute atomic E-state index is 12.2. The lowest BCUT2D eigenvalue weighted by Crippen LogP contribution is -2.05. The Balaban J connectivity index is 1.51. The quantitative estimate of drug-likeness (QED) is 0.441. The summed E-state index contributed by atoms with van der Waals surface area (Å²) in [7, 11) is 0. The van der Waals surface area contributed by atoms with Crippen LogP contribution in [0.25, 0.3) is 6.08 Å². The van der Waals surface area contributed by atoms with Crippen LogP contribution in [-0.4, -0.2) is 11.9 Å². The SMILES string of the molecule is O=C1OC(c2ccc(Cl)cc2)=N/C1=C\c1cccc(OCc2ccccc2)c1. The number of halogens is 1. The lowest BCUT2D eigenvalue weighted by Gasteiger charge is -2.07. The van der Waals surface area contributed by atoms with Gasteiger partial charge in [0.15, 0.2) is 5.70 Å². The summed E-state index contributed by atoms with van der Waals surface area (Å²) in [5, 5.41) is 0.608. The van der Waals surface area contributed by atoms with Crippen molar-refractivity contribution in [2.24, 2.45) is 4.99 Å². The standard InChI is InChI=1S/C23H16ClNO3/c24-19-11-9-18(10-12-19)22-25-21(23(26)28-22)14-17-7-4-8-20(13-17)27-15-16-5-2-1-3-6-16/h1-14H,15H2/b21-14-. The monoisotopic (exact) mass is 389 g/mol. The molecular formula is C23H16ClNO3. The fourth-order valence-corrected chi connectivity index (χ4v) is 2.84. The summed E-state index contributed by atoms with van der Waals surface area (Å²) in [5.41, 5.74) is 2.83. The van der Waals surface area contributed by atoms with E-state index in [0.29, 0.717) is 22.9 Å². The number of aliphatic imine (C=N–C) groups is 1. The summed E-state index contributed by atoms with van der Waals surface area (Å²) in [6, 6.07) is 24.4. The molecule has 0 spiro atoms. The molecule has 0 aromatic heterocycles. The topological polar surface area (TPSA) is 47.9 Å². The molecule has 0 bridgehead atoms. The van der Waals surface area contributed by atoms with E-state index in [9.17, 15) is 4.79 Å². The second-order valence-corrected chi connectivity index (χ2v) is 6.63. The first-order chi connectivity index (χ1) is 13.7. The minimum Gasteiger partial charge on any atom is -0.489 e. The van der Waals surface area contributed by atoms with E-state index in [2.05, 4.69) is 4.99 Å². The lowest BCUT2D eigenvalue weighted by molar-refractivity contribution is -0.129. The zero-order valence-electron chi connectivity index (χ0n) is 14.8. The predicted octanol–water partition coefficient (Wildman–Crippen LogP) is 5.26. The summed E-state index contributed by atoms with van der Waals surface area (Å²) < 4.78 is 11.1. The molecule has 138 valence electrons. The van der Waals surface area contributed by atoms with Gasteiger partial charge in [-0.25, -0.2) is 9.79 Å². The zero-order valence-corrected chi connectivity index (χ0v) is 15.6. The van der Waals surface area contributed by atoms with E-state index in [1.54, 1.807) is 30.3 Å². The van der Waals surface area contributed by atoms with Crippen molar-refractivity contribution < 1.29 is 14.3 Å². The molecule has 3 aromatic rings. The molecule has 0 atom stereocenters. The Morgan fingerprint density at radius 1 is 0.964 bits per heavy atom. The molecular weight excluding hydrogens is 374 g/mol. The van der Waals surface area contributed by atoms with Crippen molar-refractivity contribution in [3.8, 4) is 5.75 Å². The van der Waals surface area contributed by atoms with Gasteiger partial charge in [-0.15, -0.1) is 0 Å². The van der Waals surface area contributed by atoms with Crippen LogP contribution in [0.5, 0.6) is 5.75 Å². The third-order valence-electron chi connectivity index (χ3n) is 4.12. The van der Waals surface area contributed by atoms with Gasteiger partial charge in [-0.2, -0.15) is 0 Å². The van der Waals surface area contributed by atoms with E-state index < -0.39 is 5.97 Å². The second kappa shape index (κ2) is 8.11. The number of rotatable bonds is 5. The highest BCUT2D eigenvalue weighted by Gasteiger charge is 2.24. The largest absolute Gasteiger partial charge is 0.489 e. The van der Waals surface area contributed by atoms with Crippen LogP contribution >= 0.6 is 11.6 Å². The maximum atomic E-state index is 12.2. The Kier molecular flexibility index (Phi) is 5.22. The first-order valence-corrected chi connectivity index (χ1v) is 9.10. The summed E-state index contributed by atoms with van der Waals surface area (Å²) in [5.74, 6) is 0.497. The Labute approximate surface area is 167 Å². The molecule has 5 heteroatoms. The highest BCUT2D eigenvalue weighted by Crippen LogP contribution is 2.22. The number of esters is 1. The first-order valence-electron chi connectivity index (χ1n) is 8.73. The molecule has 1 aliphatic rings. The summed E-state index contributed by atoms with van der Waals surface area (Å²) in [4.78, 5) is 16.5. The molecule has 0 saturated carbocycles. The van der Waals surface area contributed by atoms with Gasteiger partial charge in [0.1, 0.15) is 12.4 Å². The molecule has 0 amide bonds. The molecule has 1 aliphatic heterocycles. The molecule has 4 nitrogen and oxygen atoms in total. The number of ether oxygens (including phenoxy) is 2. The maximum Gasteiger partial charge on any atom is 0.363 e. The molecule has 0 fully saturated rings. The Morgan fingerprint density at radius 3 is 2.54 bits per heavy atom. The average Bonchev–Trinajstić information content (AvgIpc) is 3.08. The van der Waals surface area contributed by atoms with Crippen molar-refractivity contribution in [2.75, 3.05) is 0 Å². The van der Waals surface area contributed by atoms with Gasteiger partial charge in [-0.3, -0.25) is 0 Å². The highest BCUT2D eigenvalue weighted by molar-refractivity contribution is 6.30. The molecule has 0 saturated heterocycles. The molecule has 0 aliphatic carbocycles. The van der Waals surface area contributed by atoms with Crippen LogP contribution in [0.1, 0.15) is 16.7 Å². The van der Waals surface area contributed by atoms with Crippen molar-refractivity contribution >= 4 is 29.5 Å². The van der Waals surface area contributed by atoms with Crippen LogP contribution < -0.4 is 4.74 Å². The van der Waals surface area contributed by atoms with Crippen LogP contribution in [-0.2, 0) is 16.1 Å². The first kappa shape index (κ1) is 18.0. The number of carbonyl (C=O) groups is 1. The molecule has 0 N–H and O–H groups in total. The number of cyclic esters (lactones) is 1. The van der Waals surface area contributed by atoms with Gasteiger partial charge in [-0.1, -0.05) is 54.1 Å². The van der Waals surface area contributed by atoms with Gasteiger partial charge in [0, 0.05) is 10.6 Å². The van der Waals surface area contributed by atoms with Gasteiger partial charge < -0.3 is 9.47 Å². The van der Waals surface area contributed by atoms with Gasteiger partial charge >= 0.3 is 5.97 Å². The van der Waals surface area contributed by atoms with Gasteiger partial charge in [0.25, 0.3) is 0 Å². The van der Waals surface area contributed by atoms with Gasteiger partial charge in [0.05, 0.1) is 0 Å². The van der Waals surface area contributed by atoms with E-state index in [1.807, 2.05) is 54.6 Å². The zero-order chi connectivity index (χ0) is 19.3. The molecule has 3 aromatic carbocycles. The Hall–Kier alpha value is -3.37. The van der Waals surface area contributed by atoms with Crippen molar-refractivity contribution in [2.45, 2.75) is 6.61 Å². The molecule has 1 heterocycles. The number of carbonyl (C=O) groups excluding carboxylic acids is 1. The smallest absolute Gasteiger partial charge is 0.363 e. The third kappa shape index (κ3) is 4.30. The predicted molar refractivity (Wildman–Crippen MR) is 109 cm³/mol. The second-order valence-electron chi connectivity index (χ2n) is 6.19. The van der Waals surface area contributed by atoms with Gasteiger partial charge in [-0.05, 0) is 53.6 Å². The minimum atomic E-state index is -0.486. The third-order valence-corrected chi connectivity index (χ3v) is 4.37. The summed E-state index contributed by atoms with van der Waals surface area (Å²) >= 11 is 5.89. The van der Waals surface area contributed by atoms with Crippen molar-refractivity contribution in [3.63, 3.8) is 0 Å². The van der Waals surface area contributed by atoms with Crippen LogP contribution in [0, 0.1) is 0 Å². The summed E-state index contributed by atoms with van der Waals surface area (Å²) in [6.45, 7) is 0.474. The normalized spacial score (nSPS) is 14.7.